The molecule has 1 aromatic rings. The number of rotatable bonds is 10. The molecule has 0 spiro atoms. The molecule has 0 saturated carbocycles. The normalized spacial score (nSPS) is 21.1. The lowest BCUT2D eigenvalue weighted by molar-refractivity contribution is -0.141. The maximum absolute atomic E-state index is 13.9. The first-order valence-corrected chi connectivity index (χ1v) is 14.4. The molecule has 1 heterocycles. The number of esters is 1. The minimum Gasteiger partial charge on any atom is -0.463 e. The number of likely N-dealkylation sites (N-methyl/N-ethyl adjacent to an activating group) is 1. The summed E-state index contributed by atoms with van der Waals surface area (Å²) >= 11 is 1.75. The number of ether oxygens (including phenoxy) is 1. The quantitative estimate of drug-likeness (QED) is 0.331. The smallest absolute Gasteiger partial charge is 0.333 e. The van der Waals surface area contributed by atoms with Crippen LogP contribution in [-0.2, 0) is 25.5 Å². The van der Waals surface area contributed by atoms with E-state index in [2.05, 4.69) is 36.6 Å². The van der Waals surface area contributed by atoms with Crippen LogP contribution in [0.15, 0.2) is 42.0 Å². The van der Waals surface area contributed by atoms with Crippen LogP contribution in [0.4, 0.5) is 0 Å². The fourth-order valence-electron chi connectivity index (χ4n) is 4.72. The van der Waals surface area contributed by atoms with Crippen molar-refractivity contribution < 1.29 is 19.1 Å². The zero-order valence-electron chi connectivity index (χ0n) is 24.8. The maximum Gasteiger partial charge on any atom is 0.333 e. The van der Waals surface area contributed by atoms with Crippen molar-refractivity contribution in [1.82, 2.24) is 15.5 Å². The number of thioether (sulfide) groups is 1. The Balaban J connectivity index is 2.23. The molecule has 0 radical (unpaired) electrons. The fourth-order valence-corrected chi connectivity index (χ4v) is 6.25. The zero-order valence-corrected chi connectivity index (χ0v) is 25.6. The van der Waals surface area contributed by atoms with E-state index in [4.69, 9.17) is 4.74 Å². The standard InChI is InChI=1S/C30H47N3O4S/c1-11-37-28(36)20(4)17-22(19(2)3)33(10)27(35)25(29(5,6)7)32-26(34)24-30(8,9)38-23(31-24)18-21-15-13-12-14-16-21/h12-17,19,22-25,31H,11,18H2,1-10H3,(H,32,34)/b20-17+. The monoisotopic (exact) mass is 545 g/mol. The van der Waals surface area contributed by atoms with E-state index < -0.39 is 23.5 Å². The molecule has 1 saturated heterocycles. The van der Waals surface area contributed by atoms with E-state index in [9.17, 15) is 14.4 Å². The largest absolute Gasteiger partial charge is 0.463 e. The van der Waals surface area contributed by atoms with Gasteiger partial charge in [0, 0.05) is 17.4 Å². The number of benzene rings is 1. The van der Waals surface area contributed by atoms with Gasteiger partial charge in [-0.15, -0.1) is 11.8 Å². The second-order valence-electron chi connectivity index (χ2n) is 12.1. The Morgan fingerprint density at radius 3 is 2.32 bits per heavy atom. The van der Waals surface area contributed by atoms with Crippen LogP contribution in [0.1, 0.15) is 67.9 Å². The Hall–Kier alpha value is -2.32. The van der Waals surface area contributed by atoms with Gasteiger partial charge in [0.15, 0.2) is 0 Å². The summed E-state index contributed by atoms with van der Waals surface area (Å²) in [6, 6.07) is 8.70. The van der Waals surface area contributed by atoms with E-state index in [0.717, 1.165) is 6.42 Å². The number of carbonyl (C=O) groups is 3. The van der Waals surface area contributed by atoms with Crippen molar-refractivity contribution >= 4 is 29.5 Å². The minimum atomic E-state index is -0.742. The molecule has 0 aliphatic carbocycles. The molecule has 1 aliphatic heterocycles. The Bertz CT molecular complexity index is 1000. The van der Waals surface area contributed by atoms with E-state index in [1.165, 1.54) is 5.56 Å². The van der Waals surface area contributed by atoms with E-state index >= 15 is 0 Å². The molecule has 2 N–H and O–H groups in total. The summed E-state index contributed by atoms with van der Waals surface area (Å²) in [6.45, 7) is 17.8. The summed E-state index contributed by atoms with van der Waals surface area (Å²) in [7, 11) is 1.73. The first-order chi connectivity index (χ1) is 17.6. The highest BCUT2D eigenvalue weighted by Gasteiger charge is 2.47. The Labute approximate surface area is 233 Å². The lowest BCUT2D eigenvalue weighted by atomic mass is 9.84. The molecule has 212 valence electrons. The Kier molecular flexibility index (Phi) is 11.0. The van der Waals surface area contributed by atoms with Crippen molar-refractivity contribution in [1.29, 1.82) is 0 Å². The third kappa shape index (κ3) is 8.34. The van der Waals surface area contributed by atoms with Gasteiger partial charge in [-0.3, -0.25) is 14.9 Å². The van der Waals surface area contributed by atoms with E-state index in [1.54, 1.807) is 43.6 Å². The van der Waals surface area contributed by atoms with Gasteiger partial charge < -0.3 is 15.0 Å². The minimum absolute atomic E-state index is 0.0511. The van der Waals surface area contributed by atoms with Gasteiger partial charge in [0.1, 0.15) is 12.1 Å². The molecule has 0 bridgehead atoms. The molecular weight excluding hydrogens is 498 g/mol. The summed E-state index contributed by atoms with van der Waals surface area (Å²) in [4.78, 5) is 41.4. The van der Waals surface area contributed by atoms with Gasteiger partial charge in [0.05, 0.1) is 18.0 Å². The van der Waals surface area contributed by atoms with Gasteiger partial charge in [-0.1, -0.05) is 71.0 Å². The second-order valence-corrected chi connectivity index (χ2v) is 13.9. The average molecular weight is 546 g/mol. The van der Waals surface area contributed by atoms with Crippen LogP contribution in [0.5, 0.6) is 0 Å². The lowest BCUT2D eigenvalue weighted by Gasteiger charge is -2.38. The third-order valence-electron chi connectivity index (χ3n) is 6.92. The van der Waals surface area contributed by atoms with Crippen molar-refractivity contribution in [2.45, 2.75) is 97.0 Å². The summed E-state index contributed by atoms with van der Waals surface area (Å²) in [5, 5.41) is 6.70. The van der Waals surface area contributed by atoms with Crippen molar-refractivity contribution in [3.05, 3.63) is 47.5 Å². The van der Waals surface area contributed by atoms with Crippen molar-refractivity contribution in [2.75, 3.05) is 13.7 Å². The topological polar surface area (TPSA) is 87.7 Å². The predicted octanol–water partition coefficient (Wildman–Crippen LogP) is 4.56. The zero-order chi connectivity index (χ0) is 28.8. The first-order valence-electron chi connectivity index (χ1n) is 13.5. The Morgan fingerprint density at radius 2 is 1.79 bits per heavy atom. The number of amides is 2. The van der Waals surface area contributed by atoms with Gasteiger partial charge in [-0.05, 0) is 51.0 Å². The number of hydrogen-bond donors (Lipinski definition) is 2. The average Bonchev–Trinajstić information content (AvgIpc) is 3.13. The van der Waals surface area contributed by atoms with Crippen LogP contribution >= 0.6 is 11.8 Å². The third-order valence-corrected chi connectivity index (χ3v) is 8.35. The van der Waals surface area contributed by atoms with Crippen LogP contribution in [0.3, 0.4) is 0 Å². The Morgan fingerprint density at radius 1 is 1.18 bits per heavy atom. The number of nitrogens with zero attached hydrogens (tertiary/aromatic N) is 1. The molecule has 4 atom stereocenters. The molecule has 0 aromatic heterocycles. The van der Waals surface area contributed by atoms with Crippen molar-refractivity contribution in [3.63, 3.8) is 0 Å². The highest BCUT2D eigenvalue weighted by atomic mass is 32.2. The molecular formula is C30H47N3O4S. The molecule has 1 fully saturated rings. The molecule has 2 amide bonds. The number of hydrogen-bond acceptors (Lipinski definition) is 6. The fraction of sp³-hybridized carbons (Fsp3) is 0.633. The number of carbonyl (C=O) groups excluding carboxylic acids is 3. The summed E-state index contributed by atoms with van der Waals surface area (Å²) < 4.78 is 4.78. The molecule has 1 aromatic carbocycles. The van der Waals surface area contributed by atoms with Gasteiger partial charge in [-0.2, -0.15) is 0 Å². The second kappa shape index (κ2) is 13.2. The van der Waals surface area contributed by atoms with E-state index in [1.807, 2.05) is 52.8 Å². The van der Waals surface area contributed by atoms with E-state index in [-0.39, 0.29) is 33.9 Å². The van der Waals surface area contributed by atoms with Gasteiger partial charge in [-0.25, -0.2) is 4.79 Å². The predicted molar refractivity (Wildman–Crippen MR) is 156 cm³/mol. The molecule has 1 aliphatic rings. The highest BCUT2D eigenvalue weighted by Crippen LogP contribution is 2.39. The lowest BCUT2D eigenvalue weighted by Crippen LogP contribution is -2.60. The van der Waals surface area contributed by atoms with Crippen molar-refractivity contribution in [3.8, 4) is 0 Å². The van der Waals surface area contributed by atoms with Crippen molar-refractivity contribution in [2.24, 2.45) is 11.3 Å². The van der Waals surface area contributed by atoms with Crippen LogP contribution < -0.4 is 10.6 Å². The van der Waals surface area contributed by atoms with Gasteiger partial charge >= 0.3 is 5.97 Å². The molecule has 8 heteroatoms. The van der Waals surface area contributed by atoms with Crippen LogP contribution in [-0.4, -0.2) is 64.6 Å². The SMILES string of the molecule is CCOC(=O)/C(C)=C/C(C(C)C)N(C)C(=O)C(NC(=O)C1NC(Cc2ccccc2)SC1(C)C)C(C)(C)C. The summed E-state index contributed by atoms with van der Waals surface area (Å²) in [5.41, 5.74) is 1.14. The molecule has 4 unspecified atom stereocenters. The summed E-state index contributed by atoms with van der Waals surface area (Å²) in [5.74, 6) is -0.715. The highest BCUT2D eigenvalue weighted by molar-refractivity contribution is 8.01. The number of nitrogens with one attached hydrogen (secondary N) is 2. The summed E-state index contributed by atoms with van der Waals surface area (Å²) in [6.07, 6.45) is 2.60. The van der Waals surface area contributed by atoms with Gasteiger partial charge in [0.2, 0.25) is 11.8 Å². The maximum atomic E-state index is 13.9. The first kappa shape index (κ1) is 31.9. The molecule has 2 rings (SSSR count). The van der Waals surface area contributed by atoms with E-state index in [0.29, 0.717) is 12.2 Å². The molecule has 7 nitrogen and oxygen atoms in total. The van der Waals surface area contributed by atoms with Gasteiger partial charge in [0.25, 0.3) is 0 Å². The molecule has 38 heavy (non-hydrogen) atoms. The van der Waals surface area contributed by atoms with Crippen LogP contribution in [0.2, 0.25) is 0 Å². The van der Waals surface area contributed by atoms with Crippen LogP contribution in [0.25, 0.3) is 0 Å². The van der Waals surface area contributed by atoms with Crippen LogP contribution in [0, 0.1) is 11.3 Å².